The van der Waals surface area contributed by atoms with Crippen LogP contribution in [0.1, 0.15) is 24.2 Å². The molecule has 90 valence electrons. The number of H-pyrrole nitrogens is 1. The molecule has 0 radical (unpaired) electrons. The smallest absolute Gasteiger partial charge is 0.0997 e. The molecule has 0 amide bonds. The lowest BCUT2D eigenvalue weighted by Crippen LogP contribution is -2.23. The van der Waals surface area contributed by atoms with Crippen LogP contribution in [0.3, 0.4) is 0 Å². The van der Waals surface area contributed by atoms with Gasteiger partial charge in [-0.15, -0.1) is 0 Å². The average Bonchev–Trinajstić information content (AvgIpc) is 2.82. The molecule has 0 saturated carbocycles. The van der Waals surface area contributed by atoms with Crippen LogP contribution in [0.5, 0.6) is 0 Å². The summed E-state index contributed by atoms with van der Waals surface area (Å²) in [6.07, 6.45) is 2.67. The van der Waals surface area contributed by atoms with Crippen LogP contribution in [0, 0.1) is 0 Å². The Morgan fingerprint density at radius 2 is 2.35 bits per heavy atom. The Morgan fingerprint density at radius 1 is 1.47 bits per heavy atom. The monoisotopic (exact) mass is 294 g/mol. The maximum absolute atomic E-state index is 4.14. The molecule has 2 aromatic rings. The van der Waals surface area contributed by atoms with Crippen LogP contribution in [-0.2, 0) is 6.42 Å². The minimum atomic E-state index is 0.202. The quantitative estimate of drug-likeness (QED) is 0.891. The van der Waals surface area contributed by atoms with E-state index in [9.17, 15) is 0 Å². The number of rotatable bonds is 5. The third-order valence-corrected chi connectivity index (χ3v) is 3.06. The van der Waals surface area contributed by atoms with Gasteiger partial charge in [-0.25, -0.2) is 0 Å². The number of nitrogens with zero attached hydrogens (tertiary/aromatic N) is 2. The first-order valence-corrected chi connectivity index (χ1v) is 6.42. The van der Waals surface area contributed by atoms with Crippen molar-refractivity contribution >= 4 is 15.9 Å². The first kappa shape index (κ1) is 12.3. The Morgan fingerprint density at radius 3 is 3.00 bits per heavy atom. The maximum atomic E-state index is 4.14. The number of aromatic nitrogens is 3. The highest BCUT2D eigenvalue weighted by Gasteiger charge is 2.13. The Hall–Kier alpha value is -1.20. The summed E-state index contributed by atoms with van der Waals surface area (Å²) in [6.45, 7) is 3.00. The van der Waals surface area contributed by atoms with Gasteiger partial charge >= 0.3 is 0 Å². The lowest BCUT2D eigenvalue weighted by molar-refractivity contribution is 0.535. The fourth-order valence-electron chi connectivity index (χ4n) is 1.81. The Labute approximate surface area is 109 Å². The minimum Gasteiger partial charge on any atom is -0.309 e. The van der Waals surface area contributed by atoms with Crippen molar-refractivity contribution in [2.45, 2.75) is 19.4 Å². The third-order valence-electron chi connectivity index (χ3n) is 2.57. The fraction of sp³-hybridized carbons (Fsp3) is 0.333. The average molecular weight is 295 g/mol. The van der Waals surface area contributed by atoms with Crippen LogP contribution in [0.25, 0.3) is 0 Å². The van der Waals surface area contributed by atoms with Gasteiger partial charge < -0.3 is 5.32 Å². The largest absolute Gasteiger partial charge is 0.309 e. The van der Waals surface area contributed by atoms with E-state index in [1.165, 1.54) is 5.56 Å². The first-order chi connectivity index (χ1) is 8.29. The summed E-state index contributed by atoms with van der Waals surface area (Å²) in [5.74, 6) is 0. The number of hydrogen-bond donors (Lipinski definition) is 2. The Kier molecular flexibility index (Phi) is 4.28. The second-order valence-electron chi connectivity index (χ2n) is 3.84. The van der Waals surface area contributed by atoms with Gasteiger partial charge in [0, 0.05) is 4.47 Å². The second-order valence-corrected chi connectivity index (χ2v) is 4.75. The van der Waals surface area contributed by atoms with Gasteiger partial charge in [0.1, 0.15) is 0 Å². The van der Waals surface area contributed by atoms with Crippen molar-refractivity contribution in [2.24, 2.45) is 0 Å². The van der Waals surface area contributed by atoms with Crippen molar-refractivity contribution in [3.8, 4) is 0 Å². The van der Waals surface area contributed by atoms with E-state index in [-0.39, 0.29) is 6.04 Å². The topological polar surface area (TPSA) is 53.6 Å². The van der Waals surface area contributed by atoms with Crippen LogP contribution in [0.15, 0.2) is 34.9 Å². The molecule has 0 aliphatic rings. The van der Waals surface area contributed by atoms with Crippen molar-refractivity contribution in [3.63, 3.8) is 0 Å². The van der Waals surface area contributed by atoms with Gasteiger partial charge in [-0.3, -0.25) is 0 Å². The number of nitrogens with one attached hydrogen (secondary N) is 2. The summed E-state index contributed by atoms with van der Waals surface area (Å²) in [4.78, 5) is 0. The lowest BCUT2D eigenvalue weighted by Gasteiger charge is -2.15. The molecule has 5 heteroatoms. The van der Waals surface area contributed by atoms with E-state index >= 15 is 0 Å². The van der Waals surface area contributed by atoms with E-state index < -0.39 is 0 Å². The molecule has 0 fully saturated rings. The molecule has 0 spiro atoms. The summed E-state index contributed by atoms with van der Waals surface area (Å²) in [5.41, 5.74) is 2.22. The molecule has 0 aliphatic heterocycles. The molecular formula is C12H15BrN4. The van der Waals surface area contributed by atoms with Gasteiger partial charge in [0.15, 0.2) is 0 Å². The normalized spacial score (nSPS) is 12.6. The van der Waals surface area contributed by atoms with E-state index in [0.717, 1.165) is 23.1 Å². The highest BCUT2D eigenvalue weighted by Crippen LogP contribution is 2.18. The van der Waals surface area contributed by atoms with E-state index in [0.29, 0.717) is 0 Å². The number of halogens is 1. The van der Waals surface area contributed by atoms with Gasteiger partial charge in [0.2, 0.25) is 0 Å². The van der Waals surface area contributed by atoms with Crippen LogP contribution in [0.2, 0.25) is 0 Å². The van der Waals surface area contributed by atoms with Crippen LogP contribution in [0.4, 0.5) is 0 Å². The maximum Gasteiger partial charge on any atom is 0.0997 e. The molecule has 2 rings (SSSR count). The third kappa shape index (κ3) is 3.38. The highest BCUT2D eigenvalue weighted by molar-refractivity contribution is 9.10. The van der Waals surface area contributed by atoms with E-state index in [2.05, 4.69) is 55.7 Å². The van der Waals surface area contributed by atoms with Crippen molar-refractivity contribution in [3.05, 3.63) is 46.2 Å². The zero-order chi connectivity index (χ0) is 12.1. The van der Waals surface area contributed by atoms with Crippen molar-refractivity contribution in [1.29, 1.82) is 0 Å². The van der Waals surface area contributed by atoms with Crippen LogP contribution < -0.4 is 5.32 Å². The summed E-state index contributed by atoms with van der Waals surface area (Å²) in [7, 11) is 0. The van der Waals surface area contributed by atoms with Crippen LogP contribution >= 0.6 is 15.9 Å². The standard InChI is InChI=1S/C12H15BrN4/c1-2-14-11(12-8-15-17-16-12)7-9-4-3-5-10(13)6-9/h3-6,8,11,14H,2,7H2,1H3,(H,15,16,17). The van der Waals surface area contributed by atoms with Gasteiger partial charge in [-0.1, -0.05) is 35.0 Å². The molecule has 17 heavy (non-hydrogen) atoms. The van der Waals surface area contributed by atoms with Crippen molar-refractivity contribution in [1.82, 2.24) is 20.7 Å². The molecule has 2 N–H and O–H groups in total. The molecule has 1 aromatic heterocycles. The predicted octanol–water partition coefficient (Wildman–Crippen LogP) is 2.46. The SMILES string of the molecule is CCNC(Cc1cccc(Br)c1)c1cn[nH]n1. The minimum absolute atomic E-state index is 0.202. The Balaban J connectivity index is 2.13. The molecule has 4 nitrogen and oxygen atoms in total. The van der Waals surface area contributed by atoms with E-state index in [1.54, 1.807) is 6.20 Å². The number of benzene rings is 1. The molecule has 0 bridgehead atoms. The van der Waals surface area contributed by atoms with Crippen LogP contribution in [-0.4, -0.2) is 22.0 Å². The lowest BCUT2D eigenvalue weighted by atomic mass is 10.0. The summed E-state index contributed by atoms with van der Waals surface area (Å²) < 4.78 is 1.10. The van der Waals surface area contributed by atoms with Gasteiger partial charge in [0.05, 0.1) is 17.9 Å². The summed E-state index contributed by atoms with van der Waals surface area (Å²) >= 11 is 3.49. The molecular weight excluding hydrogens is 280 g/mol. The van der Waals surface area contributed by atoms with Gasteiger partial charge in [0.25, 0.3) is 0 Å². The van der Waals surface area contributed by atoms with Gasteiger partial charge in [-0.05, 0) is 30.7 Å². The summed E-state index contributed by atoms with van der Waals surface area (Å²) in [6, 6.07) is 8.53. The molecule has 1 heterocycles. The Bertz CT molecular complexity index is 455. The molecule has 1 aromatic carbocycles. The molecule has 0 aliphatic carbocycles. The fourth-order valence-corrected chi connectivity index (χ4v) is 2.25. The van der Waals surface area contributed by atoms with E-state index in [1.807, 2.05) is 12.1 Å². The summed E-state index contributed by atoms with van der Waals surface area (Å²) in [5, 5.41) is 14.1. The van der Waals surface area contributed by atoms with Crippen molar-refractivity contribution < 1.29 is 0 Å². The predicted molar refractivity (Wildman–Crippen MR) is 70.6 cm³/mol. The first-order valence-electron chi connectivity index (χ1n) is 5.63. The molecule has 0 saturated heterocycles. The number of likely N-dealkylation sites (N-methyl/N-ethyl adjacent to an activating group) is 1. The van der Waals surface area contributed by atoms with Gasteiger partial charge in [-0.2, -0.15) is 15.4 Å². The number of aromatic amines is 1. The second kappa shape index (κ2) is 5.93. The zero-order valence-corrected chi connectivity index (χ0v) is 11.2. The molecule has 1 atom stereocenters. The van der Waals surface area contributed by atoms with E-state index in [4.69, 9.17) is 0 Å². The number of hydrogen-bond acceptors (Lipinski definition) is 3. The highest BCUT2D eigenvalue weighted by atomic mass is 79.9. The zero-order valence-electron chi connectivity index (χ0n) is 9.65. The van der Waals surface area contributed by atoms with Crippen molar-refractivity contribution in [2.75, 3.05) is 6.54 Å². The molecule has 1 unspecified atom stereocenters.